The number of nitrogens with zero attached hydrogens (tertiary/aromatic N) is 1. The smallest absolute Gasteiger partial charge is 0.165 e. The van der Waals surface area contributed by atoms with Crippen molar-refractivity contribution in [3.8, 4) is 0 Å². The van der Waals surface area contributed by atoms with Crippen LogP contribution >= 0.6 is 0 Å². The van der Waals surface area contributed by atoms with E-state index in [-0.39, 0.29) is 5.78 Å². The van der Waals surface area contributed by atoms with Gasteiger partial charge < -0.3 is 4.90 Å². The van der Waals surface area contributed by atoms with Crippen LogP contribution in [0.25, 0.3) is 10.8 Å². The van der Waals surface area contributed by atoms with Crippen molar-refractivity contribution in [3.63, 3.8) is 0 Å². The Morgan fingerprint density at radius 2 is 1.19 bits per heavy atom. The lowest BCUT2D eigenvalue weighted by Crippen LogP contribution is -2.21. The predicted molar refractivity (Wildman–Crippen MR) is 113 cm³/mol. The second kappa shape index (κ2) is 7.88. The van der Waals surface area contributed by atoms with E-state index in [1.54, 1.807) is 0 Å². The Labute approximate surface area is 159 Å². The number of rotatable bonds is 6. The topological polar surface area (TPSA) is 20.3 Å². The second-order valence-electron chi connectivity index (χ2n) is 6.52. The van der Waals surface area contributed by atoms with Gasteiger partial charge in [-0.25, -0.2) is 0 Å². The van der Waals surface area contributed by atoms with Gasteiger partial charge in [-0.05, 0) is 35.0 Å². The van der Waals surface area contributed by atoms with E-state index in [0.29, 0.717) is 13.0 Å². The molecule has 0 N–H and O–H groups in total. The molecule has 4 rings (SSSR count). The van der Waals surface area contributed by atoms with E-state index in [1.165, 1.54) is 0 Å². The summed E-state index contributed by atoms with van der Waals surface area (Å²) in [7, 11) is 0. The number of ketones is 1. The van der Waals surface area contributed by atoms with Crippen LogP contribution in [0.1, 0.15) is 16.8 Å². The minimum atomic E-state index is 0.170. The molecule has 0 fully saturated rings. The van der Waals surface area contributed by atoms with E-state index in [2.05, 4.69) is 29.2 Å². The summed E-state index contributed by atoms with van der Waals surface area (Å²) in [6, 6.07) is 34.4. The summed E-state index contributed by atoms with van der Waals surface area (Å²) in [5, 5.41) is 2.13. The van der Waals surface area contributed by atoms with Gasteiger partial charge in [0.25, 0.3) is 0 Å². The van der Waals surface area contributed by atoms with Gasteiger partial charge in [0.2, 0.25) is 0 Å². The largest absolute Gasteiger partial charge is 0.341 e. The van der Waals surface area contributed by atoms with Gasteiger partial charge in [0.15, 0.2) is 5.78 Å². The third-order valence-electron chi connectivity index (χ3n) is 4.79. The molecule has 4 aromatic carbocycles. The molecule has 4 aromatic rings. The fourth-order valence-electron chi connectivity index (χ4n) is 3.44. The van der Waals surface area contributed by atoms with Gasteiger partial charge in [-0.15, -0.1) is 0 Å². The number of carbonyl (C=O) groups excluding carboxylic acids is 1. The Morgan fingerprint density at radius 1 is 0.630 bits per heavy atom. The molecule has 2 nitrogen and oxygen atoms in total. The molecule has 0 aromatic heterocycles. The molecular weight excluding hydrogens is 330 g/mol. The van der Waals surface area contributed by atoms with Gasteiger partial charge in [0.05, 0.1) is 0 Å². The maximum atomic E-state index is 13.0. The summed E-state index contributed by atoms with van der Waals surface area (Å²) < 4.78 is 0. The molecular formula is C25H21NO. The Hall–Kier alpha value is -3.39. The normalized spacial score (nSPS) is 10.7. The minimum Gasteiger partial charge on any atom is -0.341 e. The summed E-state index contributed by atoms with van der Waals surface area (Å²) >= 11 is 0. The zero-order valence-electron chi connectivity index (χ0n) is 15.1. The van der Waals surface area contributed by atoms with Crippen LogP contribution in [0.3, 0.4) is 0 Å². The third kappa shape index (κ3) is 3.75. The molecule has 0 spiro atoms. The van der Waals surface area contributed by atoms with Crippen molar-refractivity contribution in [1.29, 1.82) is 0 Å². The average molecular weight is 351 g/mol. The van der Waals surface area contributed by atoms with Gasteiger partial charge in [0.1, 0.15) is 0 Å². The molecule has 0 aliphatic rings. The molecule has 0 atom stereocenters. The van der Waals surface area contributed by atoms with E-state index >= 15 is 0 Å². The summed E-state index contributed by atoms with van der Waals surface area (Å²) in [4.78, 5) is 15.2. The zero-order chi connectivity index (χ0) is 18.5. The number of hydrogen-bond donors (Lipinski definition) is 0. The van der Waals surface area contributed by atoms with Crippen molar-refractivity contribution in [1.82, 2.24) is 0 Å². The van der Waals surface area contributed by atoms with Crippen LogP contribution in [-0.4, -0.2) is 12.3 Å². The number of fused-ring (bicyclic) bond motifs is 1. The van der Waals surface area contributed by atoms with Gasteiger partial charge in [-0.3, -0.25) is 4.79 Å². The lowest BCUT2D eigenvalue weighted by atomic mass is 9.99. The molecule has 0 heterocycles. The molecule has 0 aliphatic heterocycles. The lowest BCUT2D eigenvalue weighted by Gasteiger charge is -2.25. The van der Waals surface area contributed by atoms with Crippen molar-refractivity contribution in [2.24, 2.45) is 0 Å². The average Bonchev–Trinajstić information content (AvgIpc) is 2.75. The first kappa shape index (κ1) is 17.0. The monoisotopic (exact) mass is 351 g/mol. The highest BCUT2D eigenvalue weighted by molar-refractivity contribution is 6.08. The van der Waals surface area contributed by atoms with E-state index in [9.17, 15) is 4.79 Å². The van der Waals surface area contributed by atoms with Crippen LogP contribution in [0.5, 0.6) is 0 Å². The SMILES string of the molecule is O=C(CCN(c1ccccc1)c1ccccc1)c1cccc2ccccc12. The Morgan fingerprint density at radius 3 is 1.85 bits per heavy atom. The first-order valence-electron chi connectivity index (χ1n) is 9.21. The molecule has 0 saturated heterocycles. The number of hydrogen-bond acceptors (Lipinski definition) is 2. The van der Waals surface area contributed by atoms with Gasteiger partial charge >= 0.3 is 0 Å². The van der Waals surface area contributed by atoms with Gasteiger partial charge in [-0.1, -0.05) is 78.9 Å². The zero-order valence-corrected chi connectivity index (χ0v) is 15.1. The molecule has 0 aliphatic carbocycles. The van der Waals surface area contributed by atoms with Crippen molar-refractivity contribution < 1.29 is 4.79 Å². The maximum Gasteiger partial charge on any atom is 0.165 e. The summed E-state index contributed by atoms with van der Waals surface area (Å²) in [5.41, 5.74) is 2.98. The van der Waals surface area contributed by atoms with Crippen LogP contribution in [0.2, 0.25) is 0 Å². The van der Waals surface area contributed by atoms with Gasteiger partial charge in [-0.2, -0.15) is 0 Å². The molecule has 0 amide bonds. The first-order chi connectivity index (χ1) is 13.3. The highest BCUT2D eigenvalue weighted by Crippen LogP contribution is 2.26. The predicted octanol–water partition coefficient (Wildman–Crippen LogP) is 6.25. The van der Waals surface area contributed by atoms with E-state index < -0.39 is 0 Å². The fraction of sp³-hybridized carbons (Fsp3) is 0.0800. The lowest BCUT2D eigenvalue weighted by molar-refractivity contribution is 0.0987. The van der Waals surface area contributed by atoms with Crippen molar-refractivity contribution in [2.45, 2.75) is 6.42 Å². The summed E-state index contributed by atoms with van der Waals surface area (Å²) in [6.45, 7) is 0.635. The quantitative estimate of drug-likeness (QED) is 0.383. The first-order valence-corrected chi connectivity index (χ1v) is 9.21. The Kier molecular flexibility index (Phi) is 4.97. The Balaban J connectivity index is 1.60. The molecule has 27 heavy (non-hydrogen) atoms. The third-order valence-corrected chi connectivity index (χ3v) is 4.79. The summed E-state index contributed by atoms with van der Waals surface area (Å²) in [6.07, 6.45) is 0.456. The molecule has 0 saturated carbocycles. The van der Waals surface area contributed by atoms with Crippen LogP contribution in [-0.2, 0) is 0 Å². The number of para-hydroxylation sites is 2. The van der Waals surface area contributed by atoms with E-state index in [1.807, 2.05) is 78.9 Å². The van der Waals surface area contributed by atoms with Crippen molar-refractivity contribution in [2.75, 3.05) is 11.4 Å². The van der Waals surface area contributed by atoms with Gasteiger partial charge in [0, 0.05) is 29.9 Å². The molecule has 0 bridgehead atoms. The molecule has 0 radical (unpaired) electrons. The number of benzene rings is 4. The maximum absolute atomic E-state index is 13.0. The highest BCUT2D eigenvalue weighted by atomic mass is 16.1. The van der Waals surface area contributed by atoms with Crippen molar-refractivity contribution in [3.05, 3.63) is 109 Å². The minimum absolute atomic E-state index is 0.170. The standard InChI is InChI=1S/C25H21NO/c27-25(24-17-9-11-20-10-7-8-16-23(20)24)18-19-26(21-12-3-1-4-13-21)22-14-5-2-6-15-22/h1-17H,18-19H2. The second-order valence-corrected chi connectivity index (χ2v) is 6.52. The molecule has 0 unspecified atom stereocenters. The van der Waals surface area contributed by atoms with E-state index in [4.69, 9.17) is 0 Å². The van der Waals surface area contributed by atoms with Crippen LogP contribution in [0.15, 0.2) is 103 Å². The number of Topliss-reactive ketones (excluding diaryl/α,β-unsaturated/α-hetero) is 1. The van der Waals surface area contributed by atoms with Crippen LogP contribution in [0.4, 0.5) is 11.4 Å². The van der Waals surface area contributed by atoms with Crippen LogP contribution < -0.4 is 4.90 Å². The Bertz CT molecular complexity index is 997. The van der Waals surface area contributed by atoms with Crippen LogP contribution in [0, 0.1) is 0 Å². The molecule has 132 valence electrons. The van der Waals surface area contributed by atoms with E-state index in [0.717, 1.165) is 27.7 Å². The number of carbonyl (C=O) groups is 1. The highest BCUT2D eigenvalue weighted by Gasteiger charge is 2.14. The summed E-state index contributed by atoms with van der Waals surface area (Å²) in [5.74, 6) is 0.170. The number of anilines is 2. The molecule has 2 heteroatoms. The fourth-order valence-corrected chi connectivity index (χ4v) is 3.44. The van der Waals surface area contributed by atoms with Crippen molar-refractivity contribution >= 4 is 27.9 Å².